The molecular formula is C25H30FN3O2S. The van der Waals surface area contributed by atoms with Gasteiger partial charge in [-0.3, -0.25) is 0 Å². The van der Waals surface area contributed by atoms with Gasteiger partial charge in [0.15, 0.2) is 0 Å². The van der Waals surface area contributed by atoms with E-state index >= 15 is 0 Å². The van der Waals surface area contributed by atoms with E-state index in [0.29, 0.717) is 10.9 Å². The van der Waals surface area contributed by atoms with E-state index in [0.717, 1.165) is 72.7 Å². The van der Waals surface area contributed by atoms with Gasteiger partial charge in [-0.2, -0.15) is 0 Å². The number of aromatic nitrogens is 1. The minimum absolute atomic E-state index is 0.0633. The van der Waals surface area contributed by atoms with Gasteiger partial charge < -0.3 is 10.3 Å². The van der Waals surface area contributed by atoms with Crippen molar-refractivity contribution in [2.24, 2.45) is 0 Å². The van der Waals surface area contributed by atoms with Crippen LogP contribution in [0.5, 0.6) is 0 Å². The van der Waals surface area contributed by atoms with E-state index in [9.17, 15) is 12.8 Å². The van der Waals surface area contributed by atoms with Crippen molar-refractivity contribution in [3.05, 3.63) is 65.1 Å². The third-order valence-corrected chi connectivity index (χ3v) is 8.44. The molecule has 0 amide bonds. The van der Waals surface area contributed by atoms with Gasteiger partial charge in [0.1, 0.15) is 5.82 Å². The zero-order valence-corrected chi connectivity index (χ0v) is 19.1. The Morgan fingerprint density at radius 3 is 2.59 bits per heavy atom. The molecule has 0 saturated heterocycles. The van der Waals surface area contributed by atoms with E-state index in [-0.39, 0.29) is 17.9 Å². The summed E-state index contributed by atoms with van der Waals surface area (Å²) >= 11 is 0. The molecule has 1 fully saturated rings. The molecule has 2 aliphatic rings. The first-order valence-electron chi connectivity index (χ1n) is 11.6. The standard InChI is InChI=1S/C25H30FN3O2S/c1-2-3-5-19-15-22-21-14-17(26)10-13-23(21)28-25(22)24(27-19)16-8-11-20(12-9-16)32(30,31)29-18-6-4-7-18/h8-14,18-19,24,27-29H,2-7,15H2,1H3/t19-,24+/m0/s1. The van der Waals surface area contributed by atoms with E-state index in [2.05, 4.69) is 21.9 Å². The number of benzene rings is 2. The monoisotopic (exact) mass is 455 g/mol. The fourth-order valence-electron chi connectivity index (χ4n) is 4.88. The van der Waals surface area contributed by atoms with Gasteiger partial charge in [-0.1, -0.05) is 38.3 Å². The summed E-state index contributed by atoms with van der Waals surface area (Å²) in [6.07, 6.45) is 7.05. The van der Waals surface area contributed by atoms with E-state index in [1.165, 1.54) is 6.07 Å². The van der Waals surface area contributed by atoms with E-state index in [1.54, 1.807) is 24.3 Å². The lowest BCUT2D eigenvalue weighted by Crippen LogP contribution is -2.40. The Kier molecular flexibility index (Phi) is 5.82. The number of hydrogen-bond acceptors (Lipinski definition) is 3. The Hall–Kier alpha value is -2.22. The lowest BCUT2D eigenvalue weighted by atomic mass is 9.88. The molecule has 7 heteroatoms. The number of aromatic amines is 1. The van der Waals surface area contributed by atoms with Crippen molar-refractivity contribution in [1.29, 1.82) is 0 Å². The Labute approximate surface area is 188 Å². The number of H-pyrrole nitrogens is 1. The molecule has 1 aliphatic carbocycles. The van der Waals surface area contributed by atoms with Crippen LogP contribution in [0.1, 0.15) is 68.3 Å². The lowest BCUT2D eigenvalue weighted by molar-refractivity contribution is 0.383. The average molecular weight is 456 g/mol. The largest absolute Gasteiger partial charge is 0.357 e. The third kappa shape index (κ3) is 4.09. The van der Waals surface area contributed by atoms with E-state index < -0.39 is 10.0 Å². The predicted molar refractivity (Wildman–Crippen MR) is 125 cm³/mol. The molecule has 0 bridgehead atoms. The fraction of sp³-hybridized carbons (Fsp3) is 0.440. The van der Waals surface area contributed by atoms with E-state index in [4.69, 9.17) is 0 Å². The van der Waals surface area contributed by atoms with Crippen LogP contribution in [0.2, 0.25) is 0 Å². The second kappa shape index (κ2) is 8.61. The maximum atomic E-state index is 14.0. The van der Waals surface area contributed by atoms with Crippen molar-refractivity contribution in [1.82, 2.24) is 15.0 Å². The minimum atomic E-state index is -3.50. The van der Waals surface area contributed by atoms with Crippen LogP contribution in [0.3, 0.4) is 0 Å². The first-order chi connectivity index (χ1) is 15.4. The van der Waals surface area contributed by atoms with Gasteiger partial charge in [-0.25, -0.2) is 17.5 Å². The molecular weight excluding hydrogens is 425 g/mol. The summed E-state index contributed by atoms with van der Waals surface area (Å²) < 4.78 is 42.1. The number of halogens is 1. The Bertz CT molecular complexity index is 1220. The number of hydrogen-bond donors (Lipinski definition) is 3. The average Bonchev–Trinajstić information content (AvgIpc) is 3.12. The van der Waals surface area contributed by atoms with Crippen LogP contribution in [0.15, 0.2) is 47.4 Å². The number of fused-ring (bicyclic) bond motifs is 3. The minimum Gasteiger partial charge on any atom is -0.357 e. The topological polar surface area (TPSA) is 74.0 Å². The molecule has 0 spiro atoms. The molecule has 2 atom stereocenters. The molecule has 3 N–H and O–H groups in total. The van der Waals surface area contributed by atoms with Crippen molar-refractivity contribution < 1.29 is 12.8 Å². The second-order valence-corrected chi connectivity index (χ2v) is 10.9. The SMILES string of the molecule is CCCC[C@H]1Cc2c([nH]c3ccc(F)cc23)[C@@H](c2ccc(S(=O)(=O)NC3CCC3)cc2)N1. The fourth-order valence-corrected chi connectivity index (χ4v) is 6.19. The molecule has 0 unspecified atom stereocenters. The predicted octanol–water partition coefficient (Wildman–Crippen LogP) is 4.93. The van der Waals surface area contributed by atoms with Crippen LogP contribution in [0.4, 0.5) is 4.39 Å². The van der Waals surface area contributed by atoms with E-state index in [1.807, 2.05) is 12.1 Å². The molecule has 1 aromatic heterocycles. The molecule has 3 aromatic rings. The zero-order valence-electron chi connectivity index (χ0n) is 18.3. The summed E-state index contributed by atoms with van der Waals surface area (Å²) in [7, 11) is -3.50. The highest BCUT2D eigenvalue weighted by Crippen LogP contribution is 2.36. The van der Waals surface area contributed by atoms with Crippen molar-refractivity contribution in [2.75, 3.05) is 0 Å². The highest BCUT2D eigenvalue weighted by Gasteiger charge is 2.31. The van der Waals surface area contributed by atoms with Gasteiger partial charge in [0.05, 0.1) is 10.9 Å². The van der Waals surface area contributed by atoms with Crippen molar-refractivity contribution in [3.63, 3.8) is 0 Å². The van der Waals surface area contributed by atoms with Gasteiger partial charge in [0.2, 0.25) is 10.0 Å². The van der Waals surface area contributed by atoms with Gasteiger partial charge in [-0.05, 0) is 67.1 Å². The highest BCUT2D eigenvalue weighted by molar-refractivity contribution is 7.89. The molecule has 0 radical (unpaired) electrons. The Morgan fingerprint density at radius 1 is 1.12 bits per heavy atom. The van der Waals surface area contributed by atoms with Crippen LogP contribution in [-0.4, -0.2) is 25.5 Å². The first kappa shape index (κ1) is 21.6. The van der Waals surface area contributed by atoms with Crippen molar-refractivity contribution in [2.45, 2.75) is 74.9 Å². The Morgan fingerprint density at radius 2 is 1.91 bits per heavy atom. The van der Waals surface area contributed by atoms with Crippen LogP contribution in [0.25, 0.3) is 10.9 Å². The molecule has 170 valence electrons. The third-order valence-electron chi connectivity index (χ3n) is 6.90. The lowest BCUT2D eigenvalue weighted by Gasteiger charge is -2.32. The van der Waals surface area contributed by atoms with Crippen LogP contribution < -0.4 is 10.0 Å². The number of nitrogens with one attached hydrogen (secondary N) is 3. The normalized spacial score (nSPS) is 21.4. The van der Waals surface area contributed by atoms with Crippen molar-refractivity contribution in [3.8, 4) is 0 Å². The number of rotatable bonds is 7. The first-order valence-corrected chi connectivity index (χ1v) is 13.1. The molecule has 1 aliphatic heterocycles. The maximum Gasteiger partial charge on any atom is 0.240 e. The van der Waals surface area contributed by atoms with Crippen molar-refractivity contribution >= 4 is 20.9 Å². The molecule has 5 nitrogen and oxygen atoms in total. The van der Waals surface area contributed by atoms with Crippen LogP contribution in [0, 0.1) is 5.82 Å². The molecule has 2 aromatic carbocycles. The molecule has 1 saturated carbocycles. The number of unbranched alkanes of at least 4 members (excludes halogenated alkanes) is 1. The summed E-state index contributed by atoms with van der Waals surface area (Å²) in [6, 6.07) is 12.3. The maximum absolute atomic E-state index is 14.0. The molecule has 32 heavy (non-hydrogen) atoms. The molecule has 5 rings (SSSR count). The summed E-state index contributed by atoms with van der Waals surface area (Å²) in [5.74, 6) is -0.229. The summed E-state index contributed by atoms with van der Waals surface area (Å²) in [5.41, 5.74) is 4.14. The summed E-state index contributed by atoms with van der Waals surface area (Å²) in [5, 5.41) is 4.70. The Balaban J connectivity index is 1.48. The smallest absolute Gasteiger partial charge is 0.240 e. The quantitative estimate of drug-likeness (QED) is 0.473. The molecule has 2 heterocycles. The number of sulfonamides is 1. The second-order valence-electron chi connectivity index (χ2n) is 9.17. The van der Waals surface area contributed by atoms with Gasteiger partial charge in [0.25, 0.3) is 0 Å². The highest BCUT2D eigenvalue weighted by atomic mass is 32.2. The zero-order chi connectivity index (χ0) is 22.3. The summed E-state index contributed by atoms with van der Waals surface area (Å²) in [6.45, 7) is 2.18. The van der Waals surface area contributed by atoms with Gasteiger partial charge in [0, 0.05) is 28.7 Å². The van der Waals surface area contributed by atoms with Crippen LogP contribution >= 0.6 is 0 Å². The summed E-state index contributed by atoms with van der Waals surface area (Å²) in [4.78, 5) is 3.79. The van der Waals surface area contributed by atoms with Gasteiger partial charge >= 0.3 is 0 Å². The van der Waals surface area contributed by atoms with Gasteiger partial charge in [-0.15, -0.1) is 0 Å². The van der Waals surface area contributed by atoms with Crippen LogP contribution in [-0.2, 0) is 16.4 Å².